The minimum absolute atomic E-state index is 0.0528. The highest BCUT2D eigenvalue weighted by molar-refractivity contribution is 7.16. The quantitative estimate of drug-likeness (QED) is 0.813. The molecular weight excluding hydrogens is 364 g/mol. The van der Waals surface area contributed by atoms with Crippen molar-refractivity contribution in [2.24, 2.45) is 0 Å². The maximum atomic E-state index is 12.7. The first-order chi connectivity index (χ1) is 12.9. The zero-order valence-corrected chi connectivity index (χ0v) is 17.0. The Labute approximate surface area is 163 Å². The Morgan fingerprint density at radius 1 is 1.19 bits per heavy atom. The SMILES string of the molecule is CC(C)N(C(=O)C(=O)Nc1ccc2scnc2c1N1CCOCC1)C(C)C. The molecule has 146 valence electrons. The van der Waals surface area contributed by atoms with Crippen LogP contribution >= 0.6 is 11.3 Å². The second-order valence-electron chi connectivity index (χ2n) is 7.11. The Morgan fingerprint density at radius 3 is 2.48 bits per heavy atom. The first-order valence-corrected chi connectivity index (χ1v) is 10.1. The first kappa shape index (κ1) is 19.6. The maximum Gasteiger partial charge on any atom is 0.313 e. The second-order valence-corrected chi connectivity index (χ2v) is 8.00. The molecule has 1 N–H and O–H groups in total. The van der Waals surface area contributed by atoms with E-state index in [4.69, 9.17) is 4.74 Å². The number of nitrogens with zero attached hydrogens (tertiary/aromatic N) is 3. The van der Waals surface area contributed by atoms with Crippen LogP contribution in [0.15, 0.2) is 17.6 Å². The van der Waals surface area contributed by atoms with Gasteiger partial charge in [0.15, 0.2) is 0 Å². The van der Waals surface area contributed by atoms with Crippen molar-refractivity contribution < 1.29 is 14.3 Å². The molecule has 2 heterocycles. The summed E-state index contributed by atoms with van der Waals surface area (Å²) in [5.41, 5.74) is 4.11. The summed E-state index contributed by atoms with van der Waals surface area (Å²) in [5.74, 6) is -1.15. The van der Waals surface area contributed by atoms with Crippen LogP contribution in [0.2, 0.25) is 0 Å². The number of ether oxygens (including phenoxy) is 1. The fourth-order valence-corrected chi connectivity index (χ4v) is 4.16. The third kappa shape index (κ3) is 4.06. The lowest BCUT2D eigenvalue weighted by atomic mass is 10.2. The predicted octanol–water partition coefficient (Wildman–Crippen LogP) is 2.72. The highest BCUT2D eigenvalue weighted by Crippen LogP contribution is 2.36. The van der Waals surface area contributed by atoms with Crippen molar-refractivity contribution >= 4 is 44.7 Å². The largest absolute Gasteiger partial charge is 0.378 e. The highest BCUT2D eigenvalue weighted by Gasteiger charge is 2.28. The second kappa shape index (κ2) is 8.22. The molecular formula is C19H26N4O3S. The molecule has 0 atom stereocenters. The number of hydrogen-bond donors (Lipinski definition) is 1. The molecule has 0 bridgehead atoms. The van der Waals surface area contributed by atoms with Gasteiger partial charge < -0.3 is 19.9 Å². The third-order valence-electron chi connectivity index (χ3n) is 4.59. The minimum Gasteiger partial charge on any atom is -0.378 e. The Bertz CT molecular complexity index is 819. The lowest BCUT2D eigenvalue weighted by molar-refractivity contribution is -0.145. The van der Waals surface area contributed by atoms with Crippen molar-refractivity contribution in [1.82, 2.24) is 9.88 Å². The number of thiazole rings is 1. The smallest absolute Gasteiger partial charge is 0.313 e. The molecule has 3 rings (SSSR count). The van der Waals surface area contributed by atoms with Gasteiger partial charge in [0.05, 0.1) is 34.8 Å². The predicted molar refractivity (Wildman–Crippen MR) is 108 cm³/mol. The first-order valence-electron chi connectivity index (χ1n) is 9.22. The van der Waals surface area contributed by atoms with Crippen molar-refractivity contribution in [3.63, 3.8) is 0 Å². The van der Waals surface area contributed by atoms with Crippen LogP contribution in [0.4, 0.5) is 11.4 Å². The fraction of sp³-hybridized carbons (Fsp3) is 0.526. The molecule has 0 radical (unpaired) electrons. The maximum absolute atomic E-state index is 12.7. The molecule has 8 heteroatoms. The van der Waals surface area contributed by atoms with Gasteiger partial charge in [0, 0.05) is 25.2 Å². The van der Waals surface area contributed by atoms with E-state index in [0.29, 0.717) is 18.9 Å². The average Bonchev–Trinajstić information content (AvgIpc) is 3.10. The van der Waals surface area contributed by atoms with E-state index in [0.717, 1.165) is 29.0 Å². The number of carbonyl (C=O) groups excluding carboxylic acids is 2. The molecule has 27 heavy (non-hydrogen) atoms. The summed E-state index contributed by atoms with van der Waals surface area (Å²) in [7, 11) is 0. The monoisotopic (exact) mass is 390 g/mol. The summed E-state index contributed by atoms with van der Waals surface area (Å²) in [4.78, 5) is 33.6. The molecule has 2 amide bonds. The van der Waals surface area contributed by atoms with Gasteiger partial charge in [-0.05, 0) is 39.8 Å². The Kier molecular flexibility index (Phi) is 5.96. The third-order valence-corrected chi connectivity index (χ3v) is 5.39. The Balaban J connectivity index is 1.92. The van der Waals surface area contributed by atoms with E-state index >= 15 is 0 Å². The summed E-state index contributed by atoms with van der Waals surface area (Å²) >= 11 is 1.56. The number of rotatable bonds is 4. The number of benzene rings is 1. The van der Waals surface area contributed by atoms with E-state index in [1.807, 2.05) is 39.8 Å². The molecule has 1 aliphatic heterocycles. The van der Waals surface area contributed by atoms with Crippen molar-refractivity contribution in [3.05, 3.63) is 17.6 Å². The molecule has 2 aromatic rings. The van der Waals surface area contributed by atoms with Gasteiger partial charge >= 0.3 is 11.8 Å². The summed E-state index contributed by atoms with van der Waals surface area (Å²) in [6.45, 7) is 10.3. The normalized spacial score (nSPS) is 14.8. The standard InChI is InChI=1S/C19H26N4O3S/c1-12(2)23(13(3)4)19(25)18(24)21-14-5-6-15-16(20-11-27-15)17(14)22-7-9-26-10-8-22/h5-6,11-13H,7-10H2,1-4H3,(H,21,24). The number of nitrogens with one attached hydrogen (secondary N) is 1. The van der Waals surface area contributed by atoms with Crippen LogP contribution in [-0.4, -0.2) is 60.1 Å². The molecule has 1 saturated heterocycles. The number of aromatic nitrogens is 1. The van der Waals surface area contributed by atoms with E-state index in [-0.39, 0.29) is 12.1 Å². The van der Waals surface area contributed by atoms with Crippen LogP contribution in [0.25, 0.3) is 10.2 Å². The van der Waals surface area contributed by atoms with Gasteiger partial charge in [-0.1, -0.05) is 0 Å². The number of hydrogen-bond acceptors (Lipinski definition) is 6. The molecule has 0 unspecified atom stereocenters. The number of carbonyl (C=O) groups is 2. The van der Waals surface area contributed by atoms with Gasteiger partial charge in [0.1, 0.15) is 5.52 Å². The average molecular weight is 391 g/mol. The summed E-state index contributed by atoms with van der Waals surface area (Å²) in [6, 6.07) is 3.68. The molecule has 1 aromatic heterocycles. The van der Waals surface area contributed by atoms with Crippen molar-refractivity contribution in [2.75, 3.05) is 36.5 Å². The molecule has 0 aliphatic carbocycles. The topological polar surface area (TPSA) is 74.8 Å². The Morgan fingerprint density at radius 2 is 1.85 bits per heavy atom. The van der Waals surface area contributed by atoms with Gasteiger partial charge in [-0.15, -0.1) is 11.3 Å². The zero-order chi connectivity index (χ0) is 19.6. The van der Waals surface area contributed by atoms with E-state index < -0.39 is 11.8 Å². The molecule has 1 aliphatic rings. The fourth-order valence-electron chi connectivity index (χ4n) is 3.48. The van der Waals surface area contributed by atoms with Gasteiger partial charge in [0.2, 0.25) is 0 Å². The van der Waals surface area contributed by atoms with Crippen molar-refractivity contribution in [1.29, 1.82) is 0 Å². The van der Waals surface area contributed by atoms with Crippen molar-refractivity contribution in [3.8, 4) is 0 Å². The lowest BCUT2D eigenvalue weighted by Gasteiger charge is -2.32. The van der Waals surface area contributed by atoms with E-state index in [9.17, 15) is 9.59 Å². The number of amides is 2. The minimum atomic E-state index is -0.624. The lowest BCUT2D eigenvalue weighted by Crippen LogP contribution is -2.47. The molecule has 1 fully saturated rings. The highest BCUT2D eigenvalue weighted by atomic mass is 32.1. The summed E-state index contributed by atoms with van der Waals surface area (Å²) in [6.07, 6.45) is 0. The van der Waals surface area contributed by atoms with E-state index in [1.54, 1.807) is 21.7 Å². The van der Waals surface area contributed by atoms with Gasteiger partial charge in [0.25, 0.3) is 0 Å². The molecule has 0 saturated carbocycles. The van der Waals surface area contributed by atoms with Crippen LogP contribution in [0.3, 0.4) is 0 Å². The summed E-state index contributed by atoms with van der Waals surface area (Å²) in [5, 5.41) is 2.83. The Hall–Kier alpha value is -2.19. The van der Waals surface area contributed by atoms with Crippen molar-refractivity contribution in [2.45, 2.75) is 39.8 Å². The van der Waals surface area contributed by atoms with Gasteiger partial charge in [-0.25, -0.2) is 4.98 Å². The number of anilines is 2. The van der Waals surface area contributed by atoms with E-state index in [2.05, 4.69) is 15.2 Å². The number of morpholine rings is 1. The van der Waals surface area contributed by atoms with Crippen LogP contribution in [0.1, 0.15) is 27.7 Å². The molecule has 7 nitrogen and oxygen atoms in total. The van der Waals surface area contributed by atoms with Crippen LogP contribution < -0.4 is 10.2 Å². The van der Waals surface area contributed by atoms with Crippen LogP contribution in [-0.2, 0) is 14.3 Å². The van der Waals surface area contributed by atoms with Crippen LogP contribution in [0, 0.1) is 0 Å². The van der Waals surface area contributed by atoms with Gasteiger partial charge in [-0.3, -0.25) is 9.59 Å². The summed E-state index contributed by atoms with van der Waals surface area (Å²) < 4.78 is 6.50. The van der Waals surface area contributed by atoms with Crippen LogP contribution in [0.5, 0.6) is 0 Å². The molecule has 1 aromatic carbocycles. The van der Waals surface area contributed by atoms with Gasteiger partial charge in [-0.2, -0.15) is 0 Å². The number of fused-ring (bicyclic) bond motifs is 1. The molecule has 0 spiro atoms. The zero-order valence-electron chi connectivity index (χ0n) is 16.2. The van der Waals surface area contributed by atoms with E-state index in [1.165, 1.54) is 0 Å².